The van der Waals surface area contributed by atoms with E-state index >= 15 is 0 Å². The fourth-order valence-corrected chi connectivity index (χ4v) is 9.49. The maximum Gasteiger partial charge on any atom is 0.306 e. The van der Waals surface area contributed by atoms with Gasteiger partial charge in [0.15, 0.2) is 6.10 Å². The SMILES string of the molecule is CC/C=C\C/C=C\C/C=C\C/C=C\CCCCCCCCCCCCC(=O)OC(COC(=O)CCCC/C=C\C/C=C\C/C=C\C/C=C\CC)COC(=O)CCCCCCCCCCCCCC/C=C\C/C=C\C/C=C\CCCCCCC. The molecule has 83 heavy (non-hydrogen) atoms. The molecule has 0 saturated carbocycles. The zero-order chi connectivity index (χ0) is 59.9. The van der Waals surface area contributed by atoms with Crippen LogP contribution in [0.5, 0.6) is 0 Å². The smallest absolute Gasteiger partial charge is 0.306 e. The molecule has 0 aliphatic heterocycles. The first-order valence-corrected chi connectivity index (χ1v) is 34.7. The third kappa shape index (κ3) is 68.2. The molecule has 0 saturated heterocycles. The zero-order valence-electron chi connectivity index (χ0n) is 54.2. The molecule has 0 amide bonds. The highest BCUT2D eigenvalue weighted by Gasteiger charge is 2.19. The summed E-state index contributed by atoms with van der Waals surface area (Å²) in [4.78, 5) is 38.4. The number of unbranched alkanes of at least 4 members (excludes halogenated alkanes) is 29. The minimum Gasteiger partial charge on any atom is -0.462 e. The molecule has 0 fully saturated rings. The average molecular weight is 1150 g/mol. The van der Waals surface area contributed by atoms with Gasteiger partial charge in [0, 0.05) is 19.3 Å². The standard InChI is InChI=1S/C77H128O6/c1-4-7-10-13-16-19-22-25-28-30-32-34-36-37-38-39-41-42-44-46-49-52-55-58-61-64-67-70-76(79)82-73-74(72-81-75(78)69-66-63-60-57-54-51-48-27-24-21-18-15-12-9-6-3)83-77(80)71-68-65-62-59-56-53-50-47-45-43-40-35-33-31-29-26-23-20-17-14-11-8-5-2/h8-9,11-12,17-18,20-22,25-27,29-30,32-33,35-37,48,54,57,74H,4-7,10,13-16,19,23-24,28,31,34,38-47,49-53,55-56,58-73H2,1-3H3/b11-8-,12-9-,20-17-,21-18-,25-22-,29-26-,32-30-,35-33-,37-36-,48-27-,57-54-. The molecule has 0 rings (SSSR count). The lowest BCUT2D eigenvalue weighted by Gasteiger charge is -2.18. The Balaban J connectivity index is 4.37. The number of carbonyl (C=O) groups excluding carboxylic acids is 3. The Morgan fingerprint density at radius 1 is 0.253 bits per heavy atom. The minimum absolute atomic E-state index is 0.0964. The van der Waals surface area contributed by atoms with Crippen LogP contribution in [-0.2, 0) is 28.6 Å². The van der Waals surface area contributed by atoms with E-state index in [2.05, 4.69) is 154 Å². The second-order valence-electron chi connectivity index (χ2n) is 22.7. The number of carbonyl (C=O) groups is 3. The van der Waals surface area contributed by atoms with Gasteiger partial charge in [0.1, 0.15) is 13.2 Å². The van der Waals surface area contributed by atoms with Crippen LogP contribution < -0.4 is 0 Å². The largest absolute Gasteiger partial charge is 0.462 e. The van der Waals surface area contributed by atoms with Crippen molar-refractivity contribution in [2.75, 3.05) is 13.2 Å². The lowest BCUT2D eigenvalue weighted by molar-refractivity contribution is -0.167. The van der Waals surface area contributed by atoms with Gasteiger partial charge in [0.25, 0.3) is 0 Å². The number of rotatable bonds is 62. The second-order valence-corrected chi connectivity index (χ2v) is 22.7. The predicted molar refractivity (Wildman–Crippen MR) is 362 cm³/mol. The Kier molecular flexibility index (Phi) is 66.3. The van der Waals surface area contributed by atoms with Gasteiger partial charge in [-0.15, -0.1) is 0 Å². The van der Waals surface area contributed by atoms with E-state index in [9.17, 15) is 14.4 Å². The van der Waals surface area contributed by atoms with Gasteiger partial charge in [0.2, 0.25) is 0 Å². The van der Waals surface area contributed by atoms with Crippen LogP contribution >= 0.6 is 0 Å². The first-order chi connectivity index (χ1) is 41.0. The van der Waals surface area contributed by atoms with E-state index in [-0.39, 0.29) is 31.1 Å². The van der Waals surface area contributed by atoms with Gasteiger partial charge < -0.3 is 14.2 Å². The molecule has 0 radical (unpaired) electrons. The monoisotopic (exact) mass is 1150 g/mol. The number of esters is 3. The van der Waals surface area contributed by atoms with Gasteiger partial charge in [-0.05, 0) is 135 Å². The Labute approximate surface area is 513 Å². The number of hydrogen-bond donors (Lipinski definition) is 0. The third-order valence-electron chi connectivity index (χ3n) is 14.6. The average Bonchev–Trinajstić information content (AvgIpc) is 3.49. The molecule has 472 valence electrons. The summed E-state index contributed by atoms with van der Waals surface area (Å²) in [7, 11) is 0. The summed E-state index contributed by atoms with van der Waals surface area (Å²) in [5.41, 5.74) is 0. The topological polar surface area (TPSA) is 78.9 Å². The van der Waals surface area contributed by atoms with Crippen molar-refractivity contribution in [3.63, 3.8) is 0 Å². The van der Waals surface area contributed by atoms with Crippen LogP contribution in [0.4, 0.5) is 0 Å². The Morgan fingerprint density at radius 2 is 0.470 bits per heavy atom. The molecule has 6 nitrogen and oxygen atoms in total. The first-order valence-electron chi connectivity index (χ1n) is 34.7. The Bertz CT molecular complexity index is 1750. The summed E-state index contributed by atoms with van der Waals surface area (Å²) in [5.74, 6) is -0.939. The predicted octanol–water partition coefficient (Wildman–Crippen LogP) is 24.1. The van der Waals surface area contributed by atoms with Crippen molar-refractivity contribution in [2.45, 2.75) is 322 Å². The molecule has 1 unspecified atom stereocenters. The highest BCUT2D eigenvalue weighted by atomic mass is 16.6. The Morgan fingerprint density at radius 3 is 0.759 bits per heavy atom. The molecule has 0 aromatic heterocycles. The molecule has 1 atom stereocenters. The maximum atomic E-state index is 13.0. The summed E-state index contributed by atoms with van der Waals surface area (Å²) < 4.78 is 16.9. The molecule has 0 aliphatic rings. The summed E-state index contributed by atoms with van der Waals surface area (Å²) in [6.07, 6.45) is 99.0. The molecule has 0 heterocycles. The van der Waals surface area contributed by atoms with Gasteiger partial charge in [-0.3, -0.25) is 14.4 Å². The highest BCUT2D eigenvalue weighted by Crippen LogP contribution is 2.16. The molecule has 0 N–H and O–H groups in total. The molecule has 0 aromatic rings. The van der Waals surface area contributed by atoms with Crippen molar-refractivity contribution in [1.82, 2.24) is 0 Å². The minimum atomic E-state index is -0.805. The molecular formula is C77H128O6. The van der Waals surface area contributed by atoms with Gasteiger partial charge in [-0.2, -0.15) is 0 Å². The van der Waals surface area contributed by atoms with Crippen LogP contribution in [0, 0.1) is 0 Å². The summed E-state index contributed by atoms with van der Waals surface area (Å²) in [6.45, 7) is 6.38. The fraction of sp³-hybridized carbons (Fsp3) is 0.675. The lowest BCUT2D eigenvalue weighted by Crippen LogP contribution is -2.30. The second kappa shape index (κ2) is 70.0. The highest BCUT2D eigenvalue weighted by molar-refractivity contribution is 5.71. The Hall–Kier alpha value is -4.45. The van der Waals surface area contributed by atoms with Crippen LogP contribution in [0.3, 0.4) is 0 Å². The third-order valence-corrected chi connectivity index (χ3v) is 14.6. The normalized spacial score (nSPS) is 13.0. The van der Waals surface area contributed by atoms with Crippen LogP contribution in [0.2, 0.25) is 0 Å². The van der Waals surface area contributed by atoms with Crippen molar-refractivity contribution >= 4 is 17.9 Å². The summed E-state index contributed by atoms with van der Waals surface area (Å²) in [6, 6.07) is 0. The van der Waals surface area contributed by atoms with E-state index in [1.165, 1.54) is 154 Å². The molecular weight excluding hydrogens is 1020 g/mol. The molecule has 6 heteroatoms. The van der Waals surface area contributed by atoms with Crippen molar-refractivity contribution in [2.24, 2.45) is 0 Å². The van der Waals surface area contributed by atoms with Crippen LogP contribution in [0.15, 0.2) is 134 Å². The van der Waals surface area contributed by atoms with Gasteiger partial charge >= 0.3 is 17.9 Å². The summed E-state index contributed by atoms with van der Waals surface area (Å²) in [5, 5.41) is 0. The van der Waals surface area contributed by atoms with E-state index in [4.69, 9.17) is 14.2 Å². The van der Waals surface area contributed by atoms with Gasteiger partial charge in [-0.1, -0.05) is 296 Å². The van der Waals surface area contributed by atoms with Crippen molar-refractivity contribution in [3.05, 3.63) is 134 Å². The molecule has 0 bridgehead atoms. The van der Waals surface area contributed by atoms with E-state index in [0.29, 0.717) is 19.3 Å². The van der Waals surface area contributed by atoms with Gasteiger partial charge in [-0.25, -0.2) is 0 Å². The van der Waals surface area contributed by atoms with Crippen LogP contribution in [0.25, 0.3) is 0 Å². The lowest BCUT2D eigenvalue weighted by atomic mass is 10.0. The number of ether oxygens (including phenoxy) is 3. The van der Waals surface area contributed by atoms with Gasteiger partial charge in [0.05, 0.1) is 0 Å². The number of allylic oxidation sites excluding steroid dienone is 22. The summed E-state index contributed by atoms with van der Waals surface area (Å²) >= 11 is 0. The van der Waals surface area contributed by atoms with E-state index in [1.54, 1.807) is 0 Å². The zero-order valence-corrected chi connectivity index (χ0v) is 54.2. The molecule has 0 spiro atoms. The number of hydrogen-bond acceptors (Lipinski definition) is 6. The van der Waals surface area contributed by atoms with Crippen LogP contribution in [0.1, 0.15) is 316 Å². The maximum absolute atomic E-state index is 13.0. The molecule has 0 aliphatic carbocycles. The van der Waals surface area contributed by atoms with E-state index in [1.807, 2.05) is 0 Å². The van der Waals surface area contributed by atoms with Crippen molar-refractivity contribution < 1.29 is 28.6 Å². The van der Waals surface area contributed by atoms with E-state index in [0.717, 1.165) is 122 Å². The first kappa shape index (κ1) is 78.5. The van der Waals surface area contributed by atoms with Crippen molar-refractivity contribution in [1.29, 1.82) is 0 Å². The fourth-order valence-electron chi connectivity index (χ4n) is 9.49. The van der Waals surface area contributed by atoms with E-state index < -0.39 is 6.10 Å². The quantitative estimate of drug-likeness (QED) is 0.0261. The van der Waals surface area contributed by atoms with Crippen molar-refractivity contribution in [3.8, 4) is 0 Å². The molecule has 0 aromatic carbocycles. The van der Waals surface area contributed by atoms with Crippen LogP contribution in [-0.4, -0.2) is 37.2 Å².